The minimum absolute atomic E-state index is 0.104. The first kappa shape index (κ1) is 23.1. The second kappa shape index (κ2) is 9.53. The summed E-state index contributed by atoms with van der Waals surface area (Å²) >= 11 is 0. The molecule has 2 aliphatic carbocycles. The average Bonchev–Trinajstić information content (AvgIpc) is 2.84. The molecular formula is C29H30N2O4. The monoisotopic (exact) mass is 470 g/mol. The summed E-state index contributed by atoms with van der Waals surface area (Å²) in [7, 11) is 0. The molecular weight excluding hydrogens is 440 g/mol. The summed E-state index contributed by atoms with van der Waals surface area (Å²) in [5, 5.41) is 6.30. The number of nitrogens with one attached hydrogen (secondary N) is 2. The molecule has 2 aromatic carbocycles. The van der Waals surface area contributed by atoms with E-state index in [-0.39, 0.29) is 30.0 Å². The van der Waals surface area contributed by atoms with E-state index in [9.17, 15) is 14.4 Å². The van der Waals surface area contributed by atoms with E-state index in [0.29, 0.717) is 18.6 Å². The largest absolute Gasteiger partial charge is 0.484 e. The molecule has 0 spiro atoms. The van der Waals surface area contributed by atoms with Crippen molar-refractivity contribution in [2.75, 3.05) is 11.9 Å². The highest BCUT2D eigenvalue weighted by atomic mass is 16.5. The van der Waals surface area contributed by atoms with Crippen molar-refractivity contribution in [3.63, 3.8) is 0 Å². The quantitative estimate of drug-likeness (QED) is 0.641. The number of carbonyl (C=O) groups excluding carboxylic acids is 3. The molecule has 1 aliphatic heterocycles. The van der Waals surface area contributed by atoms with Gasteiger partial charge in [0.25, 0.3) is 5.91 Å². The van der Waals surface area contributed by atoms with Crippen molar-refractivity contribution in [2.24, 2.45) is 0 Å². The highest BCUT2D eigenvalue weighted by Gasteiger charge is 2.40. The number of hydrogen-bond acceptors (Lipinski definition) is 5. The number of allylic oxidation sites excluding steroid dienone is 4. The van der Waals surface area contributed by atoms with Crippen LogP contribution in [0.1, 0.15) is 61.1 Å². The zero-order valence-corrected chi connectivity index (χ0v) is 20.2. The molecule has 5 rings (SSSR count). The number of dihydropyridines is 1. The zero-order chi connectivity index (χ0) is 24.5. The Bertz CT molecular complexity index is 1250. The maximum atomic E-state index is 13.0. The van der Waals surface area contributed by atoms with Crippen molar-refractivity contribution in [2.45, 2.75) is 58.3 Å². The van der Waals surface area contributed by atoms with Gasteiger partial charge in [0.2, 0.25) is 0 Å². The number of carbonyl (C=O) groups is 3. The van der Waals surface area contributed by atoms with Gasteiger partial charge >= 0.3 is 0 Å². The molecule has 6 heteroatoms. The third-order valence-electron chi connectivity index (χ3n) is 7.14. The first-order chi connectivity index (χ1) is 16.9. The van der Waals surface area contributed by atoms with Crippen LogP contribution < -0.4 is 15.4 Å². The Morgan fingerprint density at radius 2 is 1.60 bits per heavy atom. The van der Waals surface area contributed by atoms with E-state index in [1.165, 1.54) is 5.56 Å². The molecule has 0 fully saturated rings. The Hall–Kier alpha value is -3.67. The van der Waals surface area contributed by atoms with E-state index in [4.69, 9.17) is 4.74 Å². The lowest BCUT2D eigenvalue weighted by molar-refractivity contribution is -0.118. The molecule has 0 saturated carbocycles. The molecule has 0 bridgehead atoms. The number of amides is 1. The van der Waals surface area contributed by atoms with Crippen LogP contribution in [0.25, 0.3) is 0 Å². The number of aryl methyl sites for hydroxylation is 2. The van der Waals surface area contributed by atoms with Crippen molar-refractivity contribution in [1.82, 2.24) is 5.32 Å². The van der Waals surface area contributed by atoms with E-state index in [0.717, 1.165) is 65.0 Å². The molecule has 2 aromatic rings. The van der Waals surface area contributed by atoms with Gasteiger partial charge in [-0.1, -0.05) is 18.2 Å². The van der Waals surface area contributed by atoms with Gasteiger partial charge in [0.15, 0.2) is 18.2 Å². The van der Waals surface area contributed by atoms with Gasteiger partial charge < -0.3 is 15.4 Å². The Labute approximate surface area is 205 Å². The van der Waals surface area contributed by atoms with Crippen molar-refractivity contribution in [1.29, 1.82) is 0 Å². The third-order valence-corrected chi connectivity index (χ3v) is 7.14. The number of ether oxygens (including phenoxy) is 1. The first-order valence-corrected chi connectivity index (χ1v) is 12.3. The lowest BCUT2D eigenvalue weighted by atomic mass is 9.71. The van der Waals surface area contributed by atoms with E-state index in [1.807, 2.05) is 50.2 Å². The van der Waals surface area contributed by atoms with Gasteiger partial charge in [0, 0.05) is 47.0 Å². The van der Waals surface area contributed by atoms with Crippen LogP contribution in [0.15, 0.2) is 65.0 Å². The summed E-state index contributed by atoms with van der Waals surface area (Å²) in [5.74, 6) is 0.114. The third kappa shape index (κ3) is 4.65. The lowest BCUT2D eigenvalue weighted by Crippen LogP contribution is -2.36. The molecule has 0 saturated heterocycles. The summed E-state index contributed by atoms with van der Waals surface area (Å²) in [6.45, 7) is 3.89. The number of benzene rings is 2. The van der Waals surface area contributed by atoms with Crippen LogP contribution in [0.2, 0.25) is 0 Å². The van der Waals surface area contributed by atoms with E-state index >= 15 is 0 Å². The Balaban J connectivity index is 1.38. The smallest absolute Gasteiger partial charge is 0.262 e. The summed E-state index contributed by atoms with van der Waals surface area (Å²) in [6.07, 6.45) is 4.29. The van der Waals surface area contributed by atoms with Crippen LogP contribution >= 0.6 is 0 Å². The van der Waals surface area contributed by atoms with Crippen LogP contribution in [0.3, 0.4) is 0 Å². The van der Waals surface area contributed by atoms with Gasteiger partial charge in [0.1, 0.15) is 5.75 Å². The van der Waals surface area contributed by atoms with Gasteiger partial charge in [-0.2, -0.15) is 0 Å². The maximum absolute atomic E-state index is 13.0. The van der Waals surface area contributed by atoms with Gasteiger partial charge in [-0.25, -0.2) is 0 Å². The predicted octanol–water partition coefficient (Wildman–Crippen LogP) is 5.02. The Kier molecular flexibility index (Phi) is 6.29. The van der Waals surface area contributed by atoms with E-state index in [2.05, 4.69) is 10.6 Å². The van der Waals surface area contributed by atoms with Crippen LogP contribution in [0.5, 0.6) is 5.75 Å². The van der Waals surface area contributed by atoms with Gasteiger partial charge in [0.05, 0.1) is 0 Å². The summed E-state index contributed by atoms with van der Waals surface area (Å²) < 4.78 is 5.82. The Morgan fingerprint density at radius 3 is 2.26 bits per heavy atom. The summed E-state index contributed by atoms with van der Waals surface area (Å²) in [4.78, 5) is 38.5. The second-order valence-corrected chi connectivity index (χ2v) is 9.60. The number of anilines is 1. The molecule has 0 radical (unpaired) electrons. The number of Topliss-reactive ketones (excluding diaryl/α,β-unsaturated/α-hetero) is 2. The Morgan fingerprint density at radius 1 is 0.914 bits per heavy atom. The average molecular weight is 471 g/mol. The molecule has 0 unspecified atom stereocenters. The van der Waals surface area contributed by atoms with E-state index in [1.54, 1.807) is 6.07 Å². The van der Waals surface area contributed by atoms with Crippen molar-refractivity contribution in [3.05, 3.63) is 81.7 Å². The highest BCUT2D eigenvalue weighted by Crippen LogP contribution is 2.45. The van der Waals surface area contributed by atoms with Crippen molar-refractivity contribution in [3.8, 4) is 5.75 Å². The SMILES string of the molecule is Cc1ccc(NC(=O)COc2cccc(C3C4=C(CCCC4=O)NC4=C3C(=O)CCC4)c2)cc1C. The minimum Gasteiger partial charge on any atom is -0.484 e. The van der Waals surface area contributed by atoms with Crippen molar-refractivity contribution < 1.29 is 19.1 Å². The standard InChI is InChI=1S/C29H30N2O4/c1-17-12-13-20(14-18(17)2)30-26(34)16-35-21-7-3-6-19(15-21)27-28-22(8-4-10-24(28)32)31-23-9-5-11-25(33)29(23)27/h3,6-7,12-15,27,31H,4-5,8-11,16H2,1-2H3,(H,30,34). The van der Waals surface area contributed by atoms with Gasteiger partial charge in [-0.15, -0.1) is 0 Å². The molecule has 35 heavy (non-hydrogen) atoms. The summed E-state index contributed by atoms with van der Waals surface area (Å²) in [5.41, 5.74) is 7.20. The molecule has 6 nitrogen and oxygen atoms in total. The van der Waals surface area contributed by atoms with Crippen LogP contribution in [-0.2, 0) is 14.4 Å². The molecule has 0 atom stereocenters. The van der Waals surface area contributed by atoms with Crippen LogP contribution in [0.4, 0.5) is 5.69 Å². The van der Waals surface area contributed by atoms with Crippen LogP contribution in [0, 0.1) is 13.8 Å². The fourth-order valence-electron chi connectivity index (χ4n) is 5.27. The van der Waals surface area contributed by atoms with Gasteiger partial charge in [-0.3, -0.25) is 14.4 Å². The predicted molar refractivity (Wildman–Crippen MR) is 134 cm³/mol. The zero-order valence-electron chi connectivity index (χ0n) is 20.2. The highest BCUT2D eigenvalue weighted by molar-refractivity contribution is 6.06. The minimum atomic E-state index is -0.380. The molecule has 1 amide bonds. The van der Waals surface area contributed by atoms with Gasteiger partial charge in [-0.05, 0) is 80.5 Å². The molecule has 0 aromatic heterocycles. The molecule has 3 aliphatic rings. The maximum Gasteiger partial charge on any atom is 0.262 e. The second-order valence-electron chi connectivity index (χ2n) is 9.60. The number of rotatable bonds is 5. The molecule has 2 N–H and O–H groups in total. The molecule has 1 heterocycles. The molecule has 180 valence electrons. The van der Waals surface area contributed by atoms with E-state index < -0.39 is 0 Å². The normalized spacial score (nSPS) is 18.1. The summed E-state index contributed by atoms with van der Waals surface area (Å²) in [6, 6.07) is 13.2. The first-order valence-electron chi connectivity index (χ1n) is 12.3. The number of ketones is 2. The fourth-order valence-corrected chi connectivity index (χ4v) is 5.27. The van der Waals surface area contributed by atoms with Crippen LogP contribution in [-0.4, -0.2) is 24.1 Å². The van der Waals surface area contributed by atoms with Crippen molar-refractivity contribution >= 4 is 23.2 Å². The number of hydrogen-bond donors (Lipinski definition) is 2. The lowest BCUT2D eigenvalue weighted by Gasteiger charge is -2.37. The fraction of sp³-hybridized carbons (Fsp3) is 0.345. The topological polar surface area (TPSA) is 84.5 Å².